The summed E-state index contributed by atoms with van der Waals surface area (Å²) in [4.78, 5) is 10.1. The molecule has 0 amide bonds. The zero-order valence-electron chi connectivity index (χ0n) is 7.58. The van der Waals surface area contributed by atoms with Crippen molar-refractivity contribution in [3.63, 3.8) is 0 Å². The maximum atomic E-state index is 11.2. The van der Waals surface area contributed by atoms with E-state index in [-0.39, 0.29) is 6.47 Å². The lowest BCUT2D eigenvalue weighted by Gasteiger charge is -2.12. The Labute approximate surface area is 82.4 Å². The molecule has 4 nitrogen and oxygen atoms in total. The molecule has 1 atom stereocenters. The van der Waals surface area contributed by atoms with Crippen LogP contribution in [0.2, 0.25) is 0 Å². The molecule has 1 unspecified atom stereocenters. The van der Waals surface area contributed by atoms with Crippen molar-refractivity contribution in [1.82, 2.24) is 0 Å². The second kappa shape index (κ2) is 4.23. The fourth-order valence-corrected chi connectivity index (χ4v) is 1.99. The molecule has 0 aromatic heterocycles. The predicted octanol–water partition coefficient (Wildman–Crippen LogP) is 0.903. The van der Waals surface area contributed by atoms with Gasteiger partial charge >= 0.3 is 0 Å². The van der Waals surface area contributed by atoms with Crippen LogP contribution in [0.4, 0.5) is 0 Å². The summed E-state index contributed by atoms with van der Waals surface area (Å²) in [6.45, 7) is 0.138. The van der Waals surface area contributed by atoms with E-state index in [4.69, 9.17) is 0 Å². The number of hydrogen-bond donors (Lipinski definition) is 0. The largest absolute Gasteiger partial charge is 0.443 e. The van der Waals surface area contributed by atoms with Crippen LogP contribution >= 0.6 is 0 Å². The first-order valence-electron chi connectivity index (χ1n) is 3.88. The summed E-state index contributed by atoms with van der Waals surface area (Å²) in [5, 5.41) is 0. The van der Waals surface area contributed by atoms with Gasteiger partial charge in [-0.25, -0.2) is 8.42 Å². The molecule has 1 rings (SSSR count). The Kier molecular flexibility index (Phi) is 3.24. The van der Waals surface area contributed by atoms with E-state index in [0.29, 0.717) is 5.56 Å². The zero-order chi connectivity index (χ0) is 10.6. The summed E-state index contributed by atoms with van der Waals surface area (Å²) in [6, 6.07) is 8.30. The van der Waals surface area contributed by atoms with Crippen LogP contribution in [0.1, 0.15) is 11.0 Å². The van der Waals surface area contributed by atoms with Crippen molar-refractivity contribution >= 4 is 16.3 Å². The molecule has 5 heteroatoms. The van der Waals surface area contributed by atoms with Crippen molar-refractivity contribution in [1.29, 1.82) is 0 Å². The fraction of sp³-hybridized carbons (Fsp3) is 0.222. The van der Waals surface area contributed by atoms with Gasteiger partial charge in [0.25, 0.3) is 6.47 Å². The second-order valence-corrected chi connectivity index (χ2v) is 4.89. The third-order valence-corrected chi connectivity index (χ3v) is 2.80. The quantitative estimate of drug-likeness (QED) is 0.699. The monoisotopic (exact) mass is 214 g/mol. The molecule has 0 spiro atoms. The minimum atomic E-state index is -3.43. The Bertz CT molecular complexity index is 396. The number of ether oxygens (including phenoxy) is 1. The van der Waals surface area contributed by atoms with E-state index in [1.807, 2.05) is 0 Å². The summed E-state index contributed by atoms with van der Waals surface area (Å²) >= 11 is 0. The van der Waals surface area contributed by atoms with Crippen LogP contribution in [0.25, 0.3) is 0 Å². The second-order valence-electron chi connectivity index (χ2n) is 2.80. The Balaban J connectivity index is 3.07. The smallest absolute Gasteiger partial charge is 0.294 e. The van der Waals surface area contributed by atoms with Gasteiger partial charge in [-0.05, 0) is 0 Å². The minimum Gasteiger partial charge on any atom is -0.443 e. The van der Waals surface area contributed by atoms with Gasteiger partial charge in [-0.3, -0.25) is 4.79 Å². The molecule has 14 heavy (non-hydrogen) atoms. The van der Waals surface area contributed by atoms with Crippen LogP contribution in [0, 0.1) is 0 Å². The van der Waals surface area contributed by atoms with Gasteiger partial charge in [-0.1, -0.05) is 30.3 Å². The molecule has 0 bridgehead atoms. The Morgan fingerprint density at radius 1 is 1.29 bits per heavy atom. The van der Waals surface area contributed by atoms with Crippen molar-refractivity contribution in [2.24, 2.45) is 0 Å². The summed E-state index contributed by atoms with van der Waals surface area (Å²) in [5.41, 5.74) is -0.761. The van der Waals surface area contributed by atoms with Crippen molar-refractivity contribution < 1.29 is 17.9 Å². The highest BCUT2D eigenvalue weighted by Crippen LogP contribution is 2.21. The number of sulfone groups is 1. The molecule has 0 aliphatic carbocycles. The average Bonchev–Trinajstić information content (AvgIpc) is 2.14. The van der Waals surface area contributed by atoms with E-state index in [1.54, 1.807) is 30.3 Å². The molecule has 0 saturated carbocycles. The van der Waals surface area contributed by atoms with Gasteiger partial charge in [-0.2, -0.15) is 0 Å². The molecule has 0 aliphatic rings. The van der Waals surface area contributed by atoms with Crippen LogP contribution in [0.15, 0.2) is 30.3 Å². The van der Waals surface area contributed by atoms with E-state index >= 15 is 0 Å². The van der Waals surface area contributed by atoms with E-state index in [2.05, 4.69) is 4.74 Å². The molecule has 0 fully saturated rings. The Morgan fingerprint density at radius 2 is 1.86 bits per heavy atom. The molecule has 76 valence electrons. The highest BCUT2D eigenvalue weighted by molar-refractivity contribution is 7.90. The van der Waals surface area contributed by atoms with Gasteiger partial charge in [0, 0.05) is 11.8 Å². The average molecular weight is 214 g/mol. The summed E-state index contributed by atoms with van der Waals surface area (Å²) in [7, 11) is -3.43. The minimum absolute atomic E-state index is 0.138. The molecule has 0 saturated heterocycles. The summed E-state index contributed by atoms with van der Waals surface area (Å²) in [5.74, 6) is 0. The molecule has 0 radical (unpaired) electrons. The maximum absolute atomic E-state index is 11.2. The Hall–Kier alpha value is -1.36. The highest BCUT2D eigenvalue weighted by Gasteiger charge is 2.23. The van der Waals surface area contributed by atoms with E-state index in [0.717, 1.165) is 6.26 Å². The molecule has 0 N–H and O–H groups in total. The van der Waals surface area contributed by atoms with Crippen LogP contribution < -0.4 is 0 Å². The van der Waals surface area contributed by atoms with Crippen molar-refractivity contribution in [2.45, 2.75) is 5.44 Å². The van der Waals surface area contributed by atoms with Gasteiger partial charge < -0.3 is 4.74 Å². The summed E-state index contributed by atoms with van der Waals surface area (Å²) in [6.07, 6.45) is 1.02. The highest BCUT2D eigenvalue weighted by atomic mass is 32.2. The SMILES string of the molecule is CS(=O)(=O)C(OC=O)c1ccccc1. The third-order valence-electron chi connectivity index (χ3n) is 1.64. The number of hydrogen-bond acceptors (Lipinski definition) is 4. The van der Waals surface area contributed by atoms with E-state index in [1.165, 1.54) is 0 Å². The van der Waals surface area contributed by atoms with Crippen LogP contribution in [0.5, 0.6) is 0 Å². The number of carbonyl (C=O) groups is 1. The first-order valence-corrected chi connectivity index (χ1v) is 5.84. The first kappa shape index (κ1) is 10.7. The fourth-order valence-electron chi connectivity index (χ4n) is 1.09. The zero-order valence-corrected chi connectivity index (χ0v) is 8.40. The van der Waals surface area contributed by atoms with E-state index < -0.39 is 15.3 Å². The molecule has 0 aliphatic heterocycles. The number of rotatable bonds is 4. The first-order chi connectivity index (χ1) is 6.55. The molecular formula is C9H10O4S. The van der Waals surface area contributed by atoms with Crippen molar-refractivity contribution in [3.8, 4) is 0 Å². The molecular weight excluding hydrogens is 204 g/mol. The predicted molar refractivity (Wildman–Crippen MR) is 51.2 cm³/mol. The van der Waals surface area contributed by atoms with E-state index in [9.17, 15) is 13.2 Å². The Morgan fingerprint density at radius 3 is 2.29 bits per heavy atom. The maximum Gasteiger partial charge on any atom is 0.294 e. The lowest BCUT2D eigenvalue weighted by atomic mass is 10.2. The topological polar surface area (TPSA) is 60.4 Å². The standard InChI is InChI=1S/C9H10O4S/c1-14(11,12)9(13-7-10)8-5-3-2-4-6-8/h2-7,9H,1H3. The third kappa shape index (κ3) is 2.56. The lowest BCUT2D eigenvalue weighted by Crippen LogP contribution is -2.14. The lowest BCUT2D eigenvalue weighted by molar-refractivity contribution is -0.130. The van der Waals surface area contributed by atoms with Gasteiger partial charge in [0.1, 0.15) is 0 Å². The van der Waals surface area contributed by atoms with Gasteiger partial charge in [0.05, 0.1) is 0 Å². The molecule has 0 heterocycles. The molecule has 1 aromatic rings. The van der Waals surface area contributed by atoms with Crippen LogP contribution in [-0.2, 0) is 19.4 Å². The van der Waals surface area contributed by atoms with Crippen LogP contribution in [-0.4, -0.2) is 21.1 Å². The summed E-state index contributed by atoms with van der Waals surface area (Å²) < 4.78 is 27.0. The van der Waals surface area contributed by atoms with Crippen molar-refractivity contribution in [3.05, 3.63) is 35.9 Å². The molecule has 1 aromatic carbocycles. The number of benzene rings is 1. The van der Waals surface area contributed by atoms with Gasteiger partial charge in [0.2, 0.25) is 5.44 Å². The van der Waals surface area contributed by atoms with Gasteiger partial charge in [-0.15, -0.1) is 0 Å². The normalized spacial score (nSPS) is 13.2. The van der Waals surface area contributed by atoms with Crippen LogP contribution in [0.3, 0.4) is 0 Å². The van der Waals surface area contributed by atoms with Gasteiger partial charge in [0.15, 0.2) is 9.84 Å². The number of carbonyl (C=O) groups excluding carboxylic acids is 1. The van der Waals surface area contributed by atoms with Crippen molar-refractivity contribution in [2.75, 3.05) is 6.26 Å².